The van der Waals surface area contributed by atoms with Crippen molar-refractivity contribution in [3.05, 3.63) is 34.2 Å². The minimum Gasteiger partial charge on any atom is -0.493 e. The van der Waals surface area contributed by atoms with Gasteiger partial charge in [-0.25, -0.2) is 4.98 Å². The molecule has 2 amide bonds. The Bertz CT molecular complexity index is 966. The van der Waals surface area contributed by atoms with Crippen LogP contribution in [0.1, 0.15) is 12.0 Å². The van der Waals surface area contributed by atoms with Crippen molar-refractivity contribution in [2.24, 2.45) is 0 Å². The molecule has 0 bridgehead atoms. The number of thiazole rings is 1. The van der Waals surface area contributed by atoms with Crippen LogP contribution in [0.2, 0.25) is 0 Å². The fraction of sp³-hybridized carbons (Fsp3) is 0.263. The molecule has 1 aliphatic heterocycles. The zero-order valence-corrected chi connectivity index (χ0v) is 18.9. The highest BCUT2D eigenvalue weighted by atomic mass is 32.2. The van der Waals surface area contributed by atoms with Gasteiger partial charge in [0.05, 0.1) is 26.2 Å². The summed E-state index contributed by atoms with van der Waals surface area (Å²) in [5, 5.41) is 4.98. The maximum absolute atomic E-state index is 12.8. The lowest BCUT2D eigenvalue weighted by Gasteiger charge is -2.14. The molecule has 0 radical (unpaired) electrons. The molecule has 11 heteroatoms. The Hall–Kier alpha value is -2.63. The van der Waals surface area contributed by atoms with Crippen LogP contribution >= 0.6 is 35.3 Å². The molecule has 0 spiro atoms. The van der Waals surface area contributed by atoms with Crippen LogP contribution in [0.5, 0.6) is 17.2 Å². The van der Waals surface area contributed by atoms with Crippen molar-refractivity contribution in [3.63, 3.8) is 0 Å². The van der Waals surface area contributed by atoms with E-state index in [1.807, 2.05) is 0 Å². The van der Waals surface area contributed by atoms with Crippen molar-refractivity contribution in [3.8, 4) is 17.2 Å². The molecule has 1 fully saturated rings. The number of anilines is 1. The maximum atomic E-state index is 12.8. The number of carbonyl (C=O) groups is 2. The number of hydrogen-bond donors (Lipinski definition) is 1. The molecule has 1 aliphatic rings. The van der Waals surface area contributed by atoms with Gasteiger partial charge in [0, 0.05) is 24.5 Å². The molecule has 30 heavy (non-hydrogen) atoms. The molecule has 1 N–H and O–H groups in total. The van der Waals surface area contributed by atoms with E-state index in [0.717, 1.165) is 0 Å². The number of nitrogens with one attached hydrogen (secondary N) is 1. The summed E-state index contributed by atoms with van der Waals surface area (Å²) in [5.41, 5.74) is 0.700. The third kappa shape index (κ3) is 4.91. The van der Waals surface area contributed by atoms with Crippen LogP contribution in [0, 0.1) is 0 Å². The fourth-order valence-corrected chi connectivity index (χ4v) is 4.56. The highest BCUT2D eigenvalue weighted by Crippen LogP contribution is 2.40. The first-order chi connectivity index (χ1) is 14.5. The van der Waals surface area contributed by atoms with Gasteiger partial charge in [-0.2, -0.15) is 0 Å². The van der Waals surface area contributed by atoms with Crippen LogP contribution in [0.15, 0.2) is 28.6 Å². The number of ether oxygens (including phenoxy) is 3. The van der Waals surface area contributed by atoms with E-state index in [2.05, 4.69) is 10.3 Å². The second-order valence-electron chi connectivity index (χ2n) is 5.93. The Labute approximate surface area is 187 Å². The summed E-state index contributed by atoms with van der Waals surface area (Å²) in [6.45, 7) is 0.189. The van der Waals surface area contributed by atoms with Crippen LogP contribution in [0.3, 0.4) is 0 Å². The van der Waals surface area contributed by atoms with Crippen LogP contribution in [0.25, 0.3) is 6.08 Å². The number of thiocarbonyl (C=S) groups is 1. The van der Waals surface area contributed by atoms with Gasteiger partial charge in [-0.3, -0.25) is 14.5 Å². The largest absolute Gasteiger partial charge is 0.493 e. The number of benzene rings is 1. The van der Waals surface area contributed by atoms with E-state index < -0.39 is 0 Å². The number of carbonyl (C=O) groups excluding carboxylic acids is 2. The Balaban J connectivity index is 1.72. The lowest BCUT2D eigenvalue weighted by atomic mass is 10.1. The molecule has 1 aromatic heterocycles. The topological polar surface area (TPSA) is 90.0 Å². The minimum atomic E-state index is -0.249. The van der Waals surface area contributed by atoms with E-state index in [-0.39, 0.29) is 24.8 Å². The number of thioether (sulfide) groups is 1. The van der Waals surface area contributed by atoms with E-state index in [0.29, 0.717) is 37.2 Å². The Kier molecular flexibility index (Phi) is 7.29. The molecule has 3 rings (SSSR count). The van der Waals surface area contributed by atoms with Gasteiger partial charge < -0.3 is 19.5 Å². The van der Waals surface area contributed by atoms with E-state index in [1.54, 1.807) is 29.8 Å². The van der Waals surface area contributed by atoms with E-state index >= 15 is 0 Å². The second kappa shape index (κ2) is 9.92. The molecule has 0 aliphatic carbocycles. The number of amides is 2. The second-order valence-corrected chi connectivity index (χ2v) is 8.50. The van der Waals surface area contributed by atoms with Crippen molar-refractivity contribution in [2.45, 2.75) is 6.42 Å². The molecule has 2 heterocycles. The molecule has 1 saturated heterocycles. The molecule has 158 valence electrons. The highest BCUT2D eigenvalue weighted by Gasteiger charge is 2.32. The number of hydrogen-bond acceptors (Lipinski definition) is 9. The summed E-state index contributed by atoms with van der Waals surface area (Å²) in [5.74, 6) is 0.958. The van der Waals surface area contributed by atoms with E-state index in [4.69, 9.17) is 26.4 Å². The minimum absolute atomic E-state index is 0.115. The van der Waals surface area contributed by atoms with Crippen molar-refractivity contribution < 1.29 is 23.8 Å². The molecule has 2 aromatic rings. The average molecular weight is 466 g/mol. The standard InChI is InChI=1S/C19H19N3O5S3/c1-25-12-8-11(9-13(26-2)16(12)27-3)10-14-17(24)22(19(28)30-14)6-4-15(23)21-18-20-5-7-29-18/h5,7-10H,4,6H2,1-3H3,(H,20,21,23)/b14-10-. The van der Waals surface area contributed by atoms with Crippen LogP contribution < -0.4 is 19.5 Å². The molecule has 1 aromatic carbocycles. The fourth-order valence-electron chi connectivity index (χ4n) is 2.71. The lowest BCUT2D eigenvalue weighted by molar-refractivity contribution is -0.122. The lowest BCUT2D eigenvalue weighted by Crippen LogP contribution is -2.31. The van der Waals surface area contributed by atoms with Crippen LogP contribution in [0.4, 0.5) is 5.13 Å². The summed E-state index contributed by atoms with van der Waals surface area (Å²) in [6.07, 6.45) is 3.43. The maximum Gasteiger partial charge on any atom is 0.266 e. The van der Waals surface area contributed by atoms with Crippen molar-refractivity contribution in [2.75, 3.05) is 33.2 Å². The van der Waals surface area contributed by atoms with Gasteiger partial charge in [0.1, 0.15) is 4.32 Å². The normalized spacial score (nSPS) is 14.9. The molecule has 0 unspecified atom stereocenters. The number of nitrogens with zero attached hydrogens (tertiary/aromatic N) is 2. The summed E-state index contributed by atoms with van der Waals surface area (Å²) in [7, 11) is 4.57. The van der Waals surface area contributed by atoms with Crippen LogP contribution in [-0.2, 0) is 9.59 Å². The molecule has 0 saturated carbocycles. The van der Waals surface area contributed by atoms with Gasteiger partial charge in [0.25, 0.3) is 5.91 Å². The summed E-state index contributed by atoms with van der Waals surface area (Å²) < 4.78 is 16.4. The average Bonchev–Trinajstić information content (AvgIpc) is 3.33. The molecular formula is C19H19N3O5S3. The summed E-state index contributed by atoms with van der Waals surface area (Å²) in [4.78, 5) is 30.7. The van der Waals surface area contributed by atoms with E-state index in [9.17, 15) is 9.59 Å². The van der Waals surface area contributed by atoms with Crippen molar-refractivity contribution >= 4 is 62.7 Å². The summed E-state index contributed by atoms with van der Waals surface area (Å²) in [6, 6.07) is 3.49. The smallest absolute Gasteiger partial charge is 0.266 e. The van der Waals surface area contributed by atoms with Gasteiger partial charge >= 0.3 is 0 Å². The van der Waals surface area contributed by atoms with Crippen molar-refractivity contribution in [1.29, 1.82) is 0 Å². The zero-order chi connectivity index (χ0) is 21.7. The predicted molar refractivity (Wildman–Crippen MR) is 121 cm³/mol. The van der Waals surface area contributed by atoms with Crippen LogP contribution in [-0.4, -0.2) is 53.9 Å². The first-order valence-corrected chi connectivity index (χ1v) is 10.8. The van der Waals surface area contributed by atoms with Gasteiger partial charge in [-0.05, 0) is 23.8 Å². The van der Waals surface area contributed by atoms with Crippen molar-refractivity contribution in [1.82, 2.24) is 9.88 Å². The molecule has 8 nitrogen and oxygen atoms in total. The Morgan fingerprint density at radius 3 is 2.50 bits per heavy atom. The number of methoxy groups -OCH3 is 3. The quantitative estimate of drug-likeness (QED) is 0.469. The SMILES string of the molecule is COc1cc(/C=C2\SC(=S)N(CCC(=O)Nc3nccs3)C2=O)cc(OC)c1OC. The first-order valence-electron chi connectivity index (χ1n) is 8.71. The summed E-state index contributed by atoms with van der Waals surface area (Å²) >= 11 is 7.84. The Morgan fingerprint density at radius 1 is 1.23 bits per heavy atom. The third-order valence-corrected chi connectivity index (χ3v) is 6.17. The van der Waals surface area contributed by atoms with Gasteiger partial charge in [-0.15, -0.1) is 11.3 Å². The van der Waals surface area contributed by atoms with Gasteiger partial charge in [0.15, 0.2) is 16.6 Å². The van der Waals surface area contributed by atoms with Gasteiger partial charge in [0.2, 0.25) is 11.7 Å². The predicted octanol–water partition coefficient (Wildman–Crippen LogP) is 3.40. The Morgan fingerprint density at radius 2 is 1.93 bits per heavy atom. The number of aromatic nitrogens is 1. The van der Waals surface area contributed by atoms with Gasteiger partial charge in [-0.1, -0.05) is 24.0 Å². The number of rotatable bonds is 8. The van der Waals surface area contributed by atoms with E-state index in [1.165, 1.54) is 49.3 Å². The highest BCUT2D eigenvalue weighted by molar-refractivity contribution is 8.26. The molecular weight excluding hydrogens is 446 g/mol. The zero-order valence-electron chi connectivity index (χ0n) is 16.5. The first kappa shape index (κ1) is 22.1. The molecule has 0 atom stereocenters. The monoisotopic (exact) mass is 465 g/mol. The third-order valence-electron chi connectivity index (χ3n) is 4.10.